The van der Waals surface area contributed by atoms with Crippen LogP contribution in [-0.4, -0.2) is 35.4 Å². The van der Waals surface area contributed by atoms with Crippen molar-refractivity contribution >= 4 is 39.3 Å². The number of halogens is 3. The maximum atomic E-state index is 13.4. The second-order valence-corrected chi connectivity index (χ2v) is 9.57. The molecule has 1 aliphatic rings. The summed E-state index contributed by atoms with van der Waals surface area (Å²) in [5.41, 5.74) is 0.737. The fraction of sp³-hybridized carbons (Fsp3) is 0.440. The Hall–Kier alpha value is -2.12. The van der Waals surface area contributed by atoms with Crippen molar-refractivity contribution in [1.82, 2.24) is 10.2 Å². The van der Waals surface area contributed by atoms with Crippen LogP contribution in [0, 0.1) is 5.82 Å². The third kappa shape index (κ3) is 7.44. The fourth-order valence-electron chi connectivity index (χ4n) is 4.06. The van der Waals surface area contributed by atoms with Gasteiger partial charge in [0.1, 0.15) is 17.6 Å². The summed E-state index contributed by atoms with van der Waals surface area (Å²) in [6.45, 7) is 1.82. The van der Waals surface area contributed by atoms with E-state index in [2.05, 4.69) is 21.2 Å². The van der Waals surface area contributed by atoms with E-state index in [9.17, 15) is 14.0 Å². The lowest BCUT2D eigenvalue weighted by Crippen LogP contribution is -2.52. The predicted octanol–water partition coefficient (Wildman–Crippen LogP) is 5.88. The van der Waals surface area contributed by atoms with Crippen LogP contribution in [0.3, 0.4) is 0 Å². The van der Waals surface area contributed by atoms with Crippen LogP contribution in [0.4, 0.5) is 4.39 Å². The lowest BCUT2D eigenvalue weighted by atomic mass is 9.95. The zero-order chi connectivity index (χ0) is 23.8. The van der Waals surface area contributed by atoms with Gasteiger partial charge in [0.25, 0.3) is 5.91 Å². The van der Waals surface area contributed by atoms with Gasteiger partial charge >= 0.3 is 0 Å². The van der Waals surface area contributed by atoms with Crippen LogP contribution < -0.4 is 10.1 Å². The average Bonchev–Trinajstić information content (AvgIpc) is 2.80. The molecule has 2 amide bonds. The largest absolute Gasteiger partial charge is 0.483 e. The highest BCUT2D eigenvalue weighted by atomic mass is 79.9. The molecule has 0 unspecified atom stereocenters. The molecule has 1 saturated carbocycles. The number of benzene rings is 2. The van der Waals surface area contributed by atoms with Crippen molar-refractivity contribution in [2.24, 2.45) is 0 Å². The third-order valence-corrected chi connectivity index (χ3v) is 6.70. The predicted molar refractivity (Wildman–Crippen MR) is 131 cm³/mol. The Morgan fingerprint density at radius 1 is 1.18 bits per heavy atom. The lowest BCUT2D eigenvalue weighted by molar-refractivity contribution is -0.143. The van der Waals surface area contributed by atoms with Crippen molar-refractivity contribution in [3.8, 4) is 5.75 Å². The van der Waals surface area contributed by atoms with Crippen LogP contribution in [0.15, 0.2) is 46.9 Å². The van der Waals surface area contributed by atoms with E-state index in [1.54, 1.807) is 30.3 Å². The molecule has 0 radical (unpaired) electrons. The molecule has 5 nitrogen and oxygen atoms in total. The molecule has 178 valence electrons. The number of amides is 2. The Kier molecular flexibility index (Phi) is 9.56. The second-order valence-electron chi connectivity index (χ2n) is 8.28. The fourth-order valence-corrected chi connectivity index (χ4v) is 4.86. The van der Waals surface area contributed by atoms with Gasteiger partial charge in [0.05, 0.1) is 4.47 Å². The SMILES string of the molecule is CC[C@H](C(=O)NC1CCCCC1)N(Cc1ccc(F)cc1)C(=O)COc1ccc(Cl)cc1Br. The standard InChI is InChI=1S/C25H29BrClFN2O3/c1-2-22(25(32)29-20-6-4-3-5-7-20)30(15-17-8-11-19(28)12-9-17)24(31)16-33-23-13-10-18(27)14-21(23)26/h8-14,20,22H,2-7,15-16H2,1H3,(H,29,32)/t22-/m1/s1. The molecule has 3 rings (SSSR count). The number of nitrogens with one attached hydrogen (secondary N) is 1. The molecule has 0 heterocycles. The first kappa shape index (κ1) is 25.5. The van der Waals surface area contributed by atoms with Gasteiger partial charge < -0.3 is 15.0 Å². The van der Waals surface area contributed by atoms with Gasteiger partial charge in [-0.15, -0.1) is 0 Å². The molecule has 0 aliphatic heterocycles. The smallest absolute Gasteiger partial charge is 0.261 e. The number of rotatable bonds is 9. The number of nitrogens with zero attached hydrogens (tertiary/aromatic N) is 1. The van der Waals surface area contributed by atoms with Gasteiger partial charge in [-0.25, -0.2) is 4.39 Å². The van der Waals surface area contributed by atoms with Crippen LogP contribution in [0.2, 0.25) is 5.02 Å². The lowest BCUT2D eigenvalue weighted by Gasteiger charge is -2.32. The van der Waals surface area contributed by atoms with E-state index in [0.29, 0.717) is 21.7 Å². The maximum Gasteiger partial charge on any atom is 0.261 e. The van der Waals surface area contributed by atoms with Gasteiger partial charge in [0.2, 0.25) is 5.91 Å². The van der Waals surface area contributed by atoms with Gasteiger partial charge in [0, 0.05) is 17.6 Å². The molecule has 2 aromatic carbocycles. The Morgan fingerprint density at radius 3 is 2.52 bits per heavy atom. The highest BCUT2D eigenvalue weighted by Crippen LogP contribution is 2.28. The second kappa shape index (κ2) is 12.4. The monoisotopic (exact) mass is 538 g/mol. The Balaban J connectivity index is 1.76. The number of ether oxygens (including phenoxy) is 1. The van der Waals surface area contributed by atoms with E-state index < -0.39 is 6.04 Å². The third-order valence-electron chi connectivity index (χ3n) is 5.85. The molecule has 2 aromatic rings. The van der Waals surface area contributed by atoms with Gasteiger partial charge in [-0.3, -0.25) is 9.59 Å². The number of hydrogen-bond acceptors (Lipinski definition) is 3. The molecule has 8 heteroatoms. The molecule has 0 saturated heterocycles. The molecular weight excluding hydrogens is 511 g/mol. The highest BCUT2D eigenvalue weighted by molar-refractivity contribution is 9.10. The Labute approximate surface area is 207 Å². The number of carbonyl (C=O) groups excluding carboxylic acids is 2. The zero-order valence-electron chi connectivity index (χ0n) is 18.7. The summed E-state index contributed by atoms with van der Waals surface area (Å²) in [4.78, 5) is 28.0. The van der Waals surface area contributed by atoms with E-state index in [1.165, 1.54) is 23.5 Å². The minimum atomic E-state index is -0.651. The molecule has 0 bridgehead atoms. The summed E-state index contributed by atoms with van der Waals surface area (Å²) in [5, 5.41) is 3.68. The van der Waals surface area contributed by atoms with Crippen LogP contribution >= 0.6 is 27.5 Å². The van der Waals surface area contributed by atoms with Crippen molar-refractivity contribution in [2.45, 2.75) is 64.1 Å². The molecule has 0 aromatic heterocycles. The highest BCUT2D eigenvalue weighted by Gasteiger charge is 2.30. The van der Waals surface area contributed by atoms with Gasteiger partial charge in [-0.1, -0.05) is 49.9 Å². The Morgan fingerprint density at radius 2 is 1.88 bits per heavy atom. The van der Waals surface area contributed by atoms with Crippen LogP contribution in [0.5, 0.6) is 5.75 Å². The topological polar surface area (TPSA) is 58.6 Å². The summed E-state index contributed by atoms with van der Waals surface area (Å²) in [5.74, 6) is -0.358. The number of carbonyl (C=O) groups is 2. The van der Waals surface area contributed by atoms with E-state index in [0.717, 1.165) is 31.2 Å². The molecule has 0 spiro atoms. The maximum absolute atomic E-state index is 13.4. The molecule has 1 aliphatic carbocycles. The van der Waals surface area contributed by atoms with Crippen molar-refractivity contribution in [2.75, 3.05) is 6.61 Å². The molecule has 1 fully saturated rings. The minimum absolute atomic E-state index is 0.143. The Bertz CT molecular complexity index is 951. The van der Waals surface area contributed by atoms with E-state index in [4.69, 9.17) is 16.3 Å². The van der Waals surface area contributed by atoms with E-state index in [1.807, 2.05) is 6.92 Å². The summed E-state index contributed by atoms with van der Waals surface area (Å²) >= 11 is 9.36. The molecule has 33 heavy (non-hydrogen) atoms. The summed E-state index contributed by atoms with van der Waals surface area (Å²) < 4.78 is 19.8. The first-order valence-corrected chi connectivity index (χ1v) is 12.5. The average molecular weight is 540 g/mol. The number of hydrogen-bond donors (Lipinski definition) is 1. The van der Waals surface area contributed by atoms with Crippen molar-refractivity contribution in [1.29, 1.82) is 0 Å². The summed E-state index contributed by atoms with van der Waals surface area (Å²) in [6.07, 6.45) is 5.77. The molecule has 1 N–H and O–H groups in total. The zero-order valence-corrected chi connectivity index (χ0v) is 21.0. The first-order chi connectivity index (χ1) is 15.9. The van der Waals surface area contributed by atoms with Crippen molar-refractivity contribution in [3.05, 3.63) is 63.3 Å². The van der Waals surface area contributed by atoms with Crippen molar-refractivity contribution < 1.29 is 18.7 Å². The van der Waals surface area contributed by atoms with Gasteiger partial charge in [-0.05, 0) is 71.1 Å². The molecule has 1 atom stereocenters. The normalized spacial score (nSPS) is 15.0. The van der Waals surface area contributed by atoms with E-state index in [-0.39, 0.29) is 36.8 Å². The summed E-state index contributed by atoms with van der Waals surface area (Å²) in [6, 6.07) is 10.5. The quantitative estimate of drug-likeness (QED) is 0.433. The summed E-state index contributed by atoms with van der Waals surface area (Å²) in [7, 11) is 0. The minimum Gasteiger partial charge on any atom is -0.483 e. The van der Waals surface area contributed by atoms with Gasteiger partial charge in [-0.2, -0.15) is 0 Å². The van der Waals surface area contributed by atoms with Gasteiger partial charge in [0.15, 0.2) is 6.61 Å². The first-order valence-electron chi connectivity index (χ1n) is 11.3. The van der Waals surface area contributed by atoms with E-state index >= 15 is 0 Å². The molecular formula is C25H29BrClFN2O3. The van der Waals surface area contributed by atoms with Crippen LogP contribution in [-0.2, 0) is 16.1 Å². The van der Waals surface area contributed by atoms with Crippen LogP contribution in [0.25, 0.3) is 0 Å². The van der Waals surface area contributed by atoms with Crippen molar-refractivity contribution in [3.63, 3.8) is 0 Å². The van der Waals surface area contributed by atoms with Crippen LogP contribution in [0.1, 0.15) is 51.0 Å².